The second kappa shape index (κ2) is 8.74. The Kier molecular flexibility index (Phi) is 5.88. The van der Waals surface area contributed by atoms with Gasteiger partial charge in [0.1, 0.15) is 6.54 Å². The van der Waals surface area contributed by atoms with E-state index in [2.05, 4.69) is 19.2 Å². The predicted molar refractivity (Wildman–Crippen MR) is 118 cm³/mol. The minimum atomic E-state index is -0.308. The molecule has 1 saturated carbocycles. The lowest BCUT2D eigenvalue weighted by Gasteiger charge is -2.35. The monoisotopic (exact) mass is 404 g/mol. The van der Waals surface area contributed by atoms with Gasteiger partial charge in [0.15, 0.2) is 11.5 Å². The number of ether oxygens (including phenoxy) is 1. The van der Waals surface area contributed by atoms with Gasteiger partial charge < -0.3 is 10.1 Å². The summed E-state index contributed by atoms with van der Waals surface area (Å²) in [6.45, 7) is 4.42. The first-order valence-electron chi connectivity index (χ1n) is 10.7. The Balaban J connectivity index is 1.55. The highest BCUT2D eigenvalue weighted by molar-refractivity contribution is 6.12. The maximum absolute atomic E-state index is 13.2. The summed E-state index contributed by atoms with van der Waals surface area (Å²) < 4.78 is 5.88. The third-order valence-electron chi connectivity index (χ3n) is 6.28. The lowest BCUT2D eigenvalue weighted by Crippen LogP contribution is -2.49. The molecule has 0 bridgehead atoms. The van der Waals surface area contributed by atoms with Crippen LogP contribution in [0.5, 0.6) is 5.75 Å². The number of anilines is 1. The average molecular weight is 405 g/mol. The van der Waals surface area contributed by atoms with E-state index >= 15 is 0 Å². The Morgan fingerprint density at radius 1 is 1.10 bits per heavy atom. The fourth-order valence-corrected chi connectivity index (χ4v) is 4.30. The summed E-state index contributed by atoms with van der Waals surface area (Å²) in [5.41, 5.74) is 1.49. The standard InChI is InChI=1S/C25H28N2O3/c1-17-9-8-12-20(18(17)2)26-24(28)16-27-21-13-6-7-14-22(21)30-23(25(27)29)15-19-10-4-3-5-11-19/h3-7,10-11,13-15,17-18,20H,8-9,12,16H2,1-2H3,(H,26,28)/b23-15+/t17-,18+,20+/m1/s1. The van der Waals surface area contributed by atoms with Gasteiger partial charge in [0, 0.05) is 6.04 Å². The summed E-state index contributed by atoms with van der Waals surface area (Å²) in [7, 11) is 0. The zero-order valence-corrected chi connectivity index (χ0v) is 17.5. The molecule has 30 heavy (non-hydrogen) atoms. The topological polar surface area (TPSA) is 58.6 Å². The van der Waals surface area contributed by atoms with E-state index in [0.29, 0.717) is 23.3 Å². The molecule has 5 heteroatoms. The normalized spacial score (nSPS) is 24.9. The summed E-state index contributed by atoms with van der Waals surface area (Å²) in [5, 5.41) is 3.17. The number of fused-ring (bicyclic) bond motifs is 1. The second-order valence-corrected chi connectivity index (χ2v) is 8.32. The van der Waals surface area contributed by atoms with Crippen LogP contribution < -0.4 is 15.0 Å². The maximum Gasteiger partial charge on any atom is 0.294 e. The highest BCUT2D eigenvalue weighted by Crippen LogP contribution is 2.35. The first-order valence-corrected chi connectivity index (χ1v) is 10.7. The van der Waals surface area contributed by atoms with Gasteiger partial charge in [0.25, 0.3) is 5.91 Å². The zero-order valence-electron chi connectivity index (χ0n) is 17.5. The van der Waals surface area contributed by atoms with Crippen molar-refractivity contribution in [2.75, 3.05) is 11.4 Å². The number of carbonyl (C=O) groups is 2. The van der Waals surface area contributed by atoms with E-state index in [-0.39, 0.29) is 30.2 Å². The predicted octanol–water partition coefficient (Wildman–Crippen LogP) is 4.39. The van der Waals surface area contributed by atoms with E-state index in [0.717, 1.165) is 18.4 Å². The largest absolute Gasteiger partial charge is 0.449 e. The van der Waals surface area contributed by atoms with Crippen molar-refractivity contribution >= 4 is 23.6 Å². The van der Waals surface area contributed by atoms with Crippen LogP contribution in [-0.2, 0) is 9.59 Å². The van der Waals surface area contributed by atoms with E-state index in [1.165, 1.54) is 11.3 Å². The van der Waals surface area contributed by atoms with Crippen LogP contribution in [0.25, 0.3) is 6.08 Å². The number of carbonyl (C=O) groups excluding carboxylic acids is 2. The highest BCUT2D eigenvalue weighted by atomic mass is 16.5. The van der Waals surface area contributed by atoms with Crippen molar-refractivity contribution in [3.63, 3.8) is 0 Å². The molecule has 1 aliphatic heterocycles. The molecule has 0 aromatic heterocycles. The van der Waals surface area contributed by atoms with Gasteiger partial charge in [-0.05, 0) is 42.0 Å². The van der Waals surface area contributed by atoms with Crippen molar-refractivity contribution in [1.82, 2.24) is 5.32 Å². The van der Waals surface area contributed by atoms with Crippen molar-refractivity contribution in [3.8, 4) is 5.75 Å². The van der Waals surface area contributed by atoms with E-state index in [1.54, 1.807) is 6.08 Å². The fourth-order valence-electron chi connectivity index (χ4n) is 4.30. The third kappa shape index (κ3) is 4.25. The van der Waals surface area contributed by atoms with Gasteiger partial charge in [-0.15, -0.1) is 0 Å². The van der Waals surface area contributed by atoms with Crippen LogP contribution in [-0.4, -0.2) is 24.4 Å². The summed E-state index contributed by atoms with van der Waals surface area (Å²) in [5.74, 6) is 1.38. The van der Waals surface area contributed by atoms with Crippen LogP contribution >= 0.6 is 0 Å². The number of benzene rings is 2. The van der Waals surface area contributed by atoms with Crippen LogP contribution in [0.4, 0.5) is 5.69 Å². The molecule has 0 radical (unpaired) electrons. The van der Waals surface area contributed by atoms with Crippen molar-refractivity contribution in [3.05, 3.63) is 65.9 Å². The molecule has 5 nitrogen and oxygen atoms in total. The summed E-state index contributed by atoms with van der Waals surface area (Å²) >= 11 is 0. The number of amides is 2. The Bertz CT molecular complexity index is 954. The zero-order chi connectivity index (χ0) is 21.1. The molecule has 1 fully saturated rings. The van der Waals surface area contributed by atoms with Crippen molar-refractivity contribution < 1.29 is 14.3 Å². The van der Waals surface area contributed by atoms with Crippen molar-refractivity contribution in [1.29, 1.82) is 0 Å². The molecule has 0 spiro atoms. The highest BCUT2D eigenvalue weighted by Gasteiger charge is 2.33. The Morgan fingerprint density at radius 3 is 2.63 bits per heavy atom. The SMILES string of the molecule is C[C@H]1[C@H](C)CCC[C@@H]1NC(=O)CN1C(=O)/C(=C\c2ccccc2)Oc2ccccc21. The summed E-state index contributed by atoms with van der Waals surface area (Å²) in [4.78, 5) is 27.6. The lowest BCUT2D eigenvalue weighted by molar-refractivity contribution is -0.124. The molecule has 0 saturated heterocycles. The van der Waals surface area contributed by atoms with Crippen LogP contribution in [0.3, 0.4) is 0 Å². The van der Waals surface area contributed by atoms with Gasteiger partial charge >= 0.3 is 0 Å². The number of hydrogen-bond acceptors (Lipinski definition) is 3. The third-order valence-corrected chi connectivity index (χ3v) is 6.28. The lowest BCUT2D eigenvalue weighted by atomic mass is 9.78. The molecule has 1 aliphatic carbocycles. The van der Waals surface area contributed by atoms with Crippen LogP contribution in [0.2, 0.25) is 0 Å². The number of nitrogens with zero attached hydrogens (tertiary/aromatic N) is 1. The van der Waals surface area contributed by atoms with Crippen LogP contribution in [0.15, 0.2) is 60.4 Å². The molecular formula is C25H28N2O3. The Labute approximate surface area is 177 Å². The molecule has 1 heterocycles. The number of hydrogen-bond donors (Lipinski definition) is 1. The molecule has 2 aromatic carbocycles. The van der Waals surface area contributed by atoms with E-state index < -0.39 is 0 Å². The smallest absolute Gasteiger partial charge is 0.294 e. The van der Waals surface area contributed by atoms with E-state index in [1.807, 2.05) is 54.6 Å². The molecule has 3 atom stereocenters. The van der Waals surface area contributed by atoms with Gasteiger partial charge in [0.05, 0.1) is 5.69 Å². The minimum absolute atomic E-state index is 0.0249. The average Bonchev–Trinajstić information content (AvgIpc) is 2.75. The Morgan fingerprint density at radius 2 is 1.83 bits per heavy atom. The van der Waals surface area contributed by atoms with Crippen LogP contribution in [0, 0.1) is 11.8 Å². The summed E-state index contributed by atoms with van der Waals surface area (Å²) in [6.07, 6.45) is 5.04. The maximum atomic E-state index is 13.2. The molecule has 0 unspecified atom stereocenters. The van der Waals surface area contributed by atoms with E-state index in [4.69, 9.17) is 4.74 Å². The Hall–Kier alpha value is -3.08. The fraction of sp³-hybridized carbons (Fsp3) is 0.360. The molecule has 1 N–H and O–H groups in total. The second-order valence-electron chi connectivity index (χ2n) is 8.32. The van der Waals surface area contributed by atoms with Gasteiger partial charge in [-0.3, -0.25) is 14.5 Å². The first-order chi connectivity index (χ1) is 14.5. The van der Waals surface area contributed by atoms with Crippen LogP contribution in [0.1, 0.15) is 38.7 Å². The quantitative estimate of drug-likeness (QED) is 0.769. The first kappa shape index (κ1) is 20.2. The molecule has 156 valence electrons. The van der Waals surface area contributed by atoms with E-state index in [9.17, 15) is 9.59 Å². The van der Waals surface area contributed by atoms with Gasteiger partial charge in [-0.1, -0.05) is 69.2 Å². The molecule has 2 aliphatic rings. The number of nitrogens with one attached hydrogen (secondary N) is 1. The number of para-hydroxylation sites is 2. The minimum Gasteiger partial charge on any atom is -0.449 e. The molecule has 4 rings (SSSR count). The van der Waals surface area contributed by atoms with Gasteiger partial charge in [-0.25, -0.2) is 0 Å². The number of rotatable bonds is 4. The van der Waals surface area contributed by atoms with Gasteiger partial charge in [-0.2, -0.15) is 0 Å². The molecule has 2 amide bonds. The molecular weight excluding hydrogens is 376 g/mol. The van der Waals surface area contributed by atoms with Crippen molar-refractivity contribution in [2.24, 2.45) is 11.8 Å². The summed E-state index contributed by atoms with van der Waals surface area (Å²) in [6, 6.07) is 17.0. The van der Waals surface area contributed by atoms with Gasteiger partial charge in [0.2, 0.25) is 5.91 Å². The van der Waals surface area contributed by atoms with Crippen molar-refractivity contribution in [2.45, 2.75) is 39.2 Å². The molecule has 2 aromatic rings.